The smallest absolute Gasteiger partial charge is 0.305 e. The largest absolute Gasteiger partial charge is 0.481 e. The molecule has 0 spiro atoms. The lowest BCUT2D eigenvalue weighted by Gasteiger charge is -2.25. The molecule has 1 unspecified atom stereocenters. The van der Waals surface area contributed by atoms with Crippen molar-refractivity contribution < 1.29 is 9.90 Å². The van der Waals surface area contributed by atoms with Gasteiger partial charge in [-0.05, 0) is 18.1 Å². The fourth-order valence-corrected chi connectivity index (χ4v) is 2.68. The Morgan fingerprint density at radius 2 is 2.25 bits per heavy atom. The van der Waals surface area contributed by atoms with Crippen molar-refractivity contribution in [3.05, 3.63) is 29.8 Å². The Balaban J connectivity index is 2.22. The summed E-state index contributed by atoms with van der Waals surface area (Å²) in [6.45, 7) is 0.856. The van der Waals surface area contributed by atoms with Crippen LogP contribution in [-0.2, 0) is 11.2 Å². The van der Waals surface area contributed by atoms with Crippen LogP contribution >= 0.6 is 15.9 Å². The highest BCUT2D eigenvalue weighted by molar-refractivity contribution is 9.09. The van der Waals surface area contributed by atoms with Crippen molar-refractivity contribution in [1.29, 1.82) is 0 Å². The van der Waals surface area contributed by atoms with E-state index in [-0.39, 0.29) is 12.5 Å². The minimum Gasteiger partial charge on any atom is -0.481 e. The fourth-order valence-electron chi connectivity index (χ4n) is 2.30. The SMILES string of the molecule is O=C(O)CC1Cc2ccccc2N1CCBr. The highest BCUT2D eigenvalue weighted by atomic mass is 79.9. The number of para-hydroxylation sites is 1. The van der Waals surface area contributed by atoms with E-state index in [0.717, 1.165) is 18.3 Å². The predicted molar refractivity (Wildman–Crippen MR) is 67.3 cm³/mol. The summed E-state index contributed by atoms with van der Waals surface area (Å²) in [5.74, 6) is -0.725. The van der Waals surface area contributed by atoms with Crippen LogP contribution in [0.1, 0.15) is 12.0 Å². The first-order valence-electron chi connectivity index (χ1n) is 5.34. The first-order chi connectivity index (χ1) is 7.72. The normalized spacial score (nSPS) is 18.6. The summed E-state index contributed by atoms with van der Waals surface area (Å²) < 4.78 is 0. The van der Waals surface area contributed by atoms with Gasteiger partial charge in [0.15, 0.2) is 0 Å². The Bertz CT molecular complexity index is 394. The molecule has 1 heterocycles. The van der Waals surface area contributed by atoms with Crippen molar-refractivity contribution in [2.24, 2.45) is 0 Å². The monoisotopic (exact) mass is 283 g/mol. The van der Waals surface area contributed by atoms with Crippen molar-refractivity contribution in [1.82, 2.24) is 0 Å². The van der Waals surface area contributed by atoms with E-state index in [1.54, 1.807) is 0 Å². The number of rotatable bonds is 4. The van der Waals surface area contributed by atoms with Crippen LogP contribution in [0.15, 0.2) is 24.3 Å². The second-order valence-corrected chi connectivity index (χ2v) is 4.76. The quantitative estimate of drug-likeness (QED) is 0.862. The topological polar surface area (TPSA) is 40.5 Å². The summed E-state index contributed by atoms with van der Waals surface area (Å²) in [4.78, 5) is 13.0. The van der Waals surface area contributed by atoms with E-state index < -0.39 is 5.97 Å². The zero-order chi connectivity index (χ0) is 11.5. The van der Waals surface area contributed by atoms with E-state index >= 15 is 0 Å². The molecule has 3 nitrogen and oxygen atoms in total. The van der Waals surface area contributed by atoms with Crippen molar-refractivity contribution in [2.45, 2.75) is 18.9 Å². The zero-order valence-electron chi connectivity index (χ0n) is 8.90. The molecule has 1 aliphatic heterocycles. The third kappa shape index (κ3) is 2.21. The number of halogens is 1. The number of carbonyl (C=O) groups is 1. The number of nitrogens with zero attached hydrogens (tertiary/aromatic N) is 1. The first-order valence-corrected chi connectivity index (χ1v) is 6.47. The fraction of sp³-hybridized carbons (Fsp3) is 0.417. The highest BCUT2D eigenvalue weighted by Gasteiger charge is 2.29. The van der Waals surface area contributed by atoms with Crippen LogP contribution in [0.4, 0.5) is 5.69 Å². The second kappa shape index (κ2) is 4.87. The van der Waals surface area contributed by atoms with Gasteiger partial charge in [0.1, 0.15) is 0 Å². The molecule has 0 bridgehead atoms. The van der Waals surface area contributed by atoms with Gasteiger partial charge in [-0.25, -0.2) is 0 Å². The Morgan fingerprint density at radius 1 is 1.50 bits per heavy atom. The van der Waals surface area contributed by atoms with Gasteiger partial charge >= 0.3 is 5.97 Å². The molecule has 0 amide bonds. The standard InChI is InChI=1S/C12H14BrNO2/c13-5-6-14-10(8-12(15)16)7-9-3-1-2-4-11(9)14/h1-4,10H,5-8H2,(H,15,16). The maximum atomic E-state index is 10.8. The van der Waals surface area contributed by atoms with Crippen molar-refractivity contribution in [3.63, 3.8) is 0 Å². The van der Waals surface area contributed by atoms with Crippen LogP contribution in [0, 0.1) is 0 Å². The van der Waals surface area contributed by atoms with Crippen LogP contribution in [0.5, 0.6) is 0 Å². The van der Waals surface area contributed by atoms with Gasteiger partial charge in [-0.15, -0.1) is 0 Å². The summed E-state index contributed by atoms with van der Waals surface area (Å²) >= 11 is 3.42. The third-order valence-electron chi connectivity index (χ3n) is 2.93. The van der Waals surface area contributed by atoms with Gasteiger partial charge < -0.3 is 10.0 Å². The lowest BCUT2D eigenvalue weighted by molar-refractivity contribution is -0.137. The molecule has 0 aliphatic carbocycles. The number of hydrogen-bond acceptors (Lipinski definition) is 2. The number of hydrogen-bond donors (Lipinski definition) is 1. The van der Waals surface area contributed by atoms with E-state index in [9.17, 15) is 4.79 Å². The van der Waals surface area contributed by atoms with E-state index in [4.69, 9.17) is 5.11 Å². The third-order valence-corrected chi connectivity index (χ3v) is 3.29. The van der Waals surface area contributed by atoms with E-state index in [1.807, 2.05) is 12.1 Å². The molecule has 0 saturated heterocycles. The zero-order valence-corrected chi connectivity index (χ0v) is 10.5. The van der Waals surface area contributed by atoms with Crippen LogP contribution in [0.3, 0.4) is 0 Å². The molecule has 1 aromatic carbocycles. The molecule has 0 radical (unpaired) electrons. The molecule has 2 rings (SSSR count). The number of aliphatic carboxylic acids is 1. The van der Waals surface area contributed by atoms with Crippen molar-refractivity contribution >= 4 is 27.6 Å². The molecule has 1 atom stereocenters. The molecule has 1 aliphatic rings. The number of anilines is 1. The summed E-state index contributed by atoms with van der Waals surface area (Å²) in [7, 11) is 0. The maximum Gasteiger partial charge on any atom is 0.305 e. The Labute approximate surface area is 103 Å². The first kappa shape index (κ1) is 11.5. The molecular formula is C12H14BrNO2. The number of benzene rings is 1. The number of carboxylic acid groups (broad SMARTS) is 1. The Hall–Kier alpha value is -1.03. The number of fused-ring (bicyclic) bond motifs is 1. The molecule has 0 aromatic heterocycles. The molecule has 86 valence electrons. The Morgan fingerprint density at radius 3 is 2.94 bits per heavy atom. The van der Waals surface area contributed by atoms with Gasteiger partial charge in [0.2, 0.25) is 0 Å². The average Bonchev–Trinajstić information content (AvgIpc) is 2.57. The molecule has 0 saturated carbocycles. The second-order valence-electron chi connectivity index (χ2n) is 3.97. The van der Waals surface area contributed by atoms with Gasteiger partial charge in [-0.1, -0.05) is 34.1 Å². The molecule has 1 aromatic rings. The molecule has 1 N–H and O–H groups in total. The van der Waals surface area contributed by atoms with Gasteiger partial charge in [-0.2, -0.15) is 0 Å². The van der Waals surface area contributed by atoms with E-state index in [2.05, 4.69) is 33.0 Å². The molecule has 16 heavy (non-hydrogen) atoms. The maximum absolute atomic E-state index is 10.8. The summed E-state index contributed by atoms with van der Waals surface area (Å²) in [5.41, 5.74) is 2.45. The van der Waals surface area contributed by atoms with Gasteiger partial charge in [0.25, 0.3) is 0 Å². The predicted octanol–water partition coefficient (Wildman–Crippen LogP) is 2.29. The minimum atomic E-state index is -0.725. The average molecular weight is 284 g/mol. The highest BCUT2D eigenvalue weighted by Crippen LogP contribution is 2.33. The van der Waals surface area contributed by atoms with Crippen molar-refractivity contribution in [3.8, 4) is 0 Å². The van der Waals surface area contributed by atoms with Gasteiger partial charge in [0, 0.05) is 23.6 Å². The summed E-state index contributed by atoms with van der Waals surface area (Å²) in [6, 6.07) is 8.27. The van der Waals surface area contributed by atoms with Crippen molar-refractivity contribution in [2.75, 3.05) is 16.8 Å². The molecule has 0 fully saturated rings. The minimum absolute atomic E-state index is 0.104. The van der Waals surface area contributed by atoms with Gasteiger partial charge in [-0.3, -0.25) is 4.79 Å². The number of alkyl halides is 1. The van der Waals surface area contributed by atoms with Crippen LogP contribution in [-0.4, -0.2) is 29.0 Å². The summed E-state index contributed by atoms with van der Waals surface area (Å²) in [6.07, 6.45) is 1.05. The molecule has 4 heteroatoms. The number of carboxylic acids is 1. The van der Waals surface area contributed by atoms with Crippen LogP contribution in [0.2, 0.25) is 0 Å². The van der Waals surface area contributed by atoms with E-state index in [1.165, 1.54) is 11.3 Å². The van der Waals surface area contributed by atoms with Crippen LogP contribution < -0.4 is 4.90 Å². The summed E-state index contributed by atoms with van der Waals surface area (Å²) in [5, 5.41) is 9.76. The van der Waals surface area contributed by atoms with Gasteiger partial charge in [0.05, 0.1) is 6.42 Å². The molecular weight excluding hydrogens is 270 g/mol. The van der Waals surface area contributed by atoms with Crippen LogP contribution in [0.25, 0.3) is 0 Å². The lowest BCUT2D eigenvalue weighted by Crippen LogP contribution is -2.35. The Kier molecular flexibility index (Phi) is 3.49. The lowest BCUT2D eigenvalue weighted by atomic mass is 10.1. The van der Waals surface area contributed by atoms with E-state index in [0.29, 0.717) is 0 Å².